The van der Waals surface area contributed by atoms with Crippen molar-refractivity contribution in [3.63, 3.8) is 0 Å². The molecule has 2 N–H and O–H groups in total. The van der Waals surface area contributed by atoms with Crippen molar-refractivity contribution in [1.82, 2.24) is 0 Å². The van der Waals surface area contributed by atoms with Gasteiger partial charge in [-0.2, -0.15) is 0 Å². The highest BCUT2D eigenvalue weighted by atomic mass is 16.5. The summed E-state index contributed by atoms with van der Waals surface area (Å²) in [6.45, 7) is 2.78. The number of ether oxygens (including phenoxy) is 1. The molecule has 0 aromatic rings. The lowest BCUT2D eigenvalue weighted by Crippen LogP contribution is -2.30. The van der Waals surface area contributed by atoms with Crippen LogP contribution in [-0.2, 0) is 4.74 Å². The van der Waals surface area contributed by atoms with Crippen molar-refractivity contribution in [2.45, 2.75) is 32.3 Å². The molecule has 1 rings (SSSR count). The minimum absolute atomic E-state index is 0.0311. The van der Waals surface area contributed by atoms with E-state index in [2.05, 4.69) is 0 Å². The molecule has 12 heavy (non-hydrogen) atoms. The van der Waals surface area contributed by atoms with Crippen LogP contribution in [0.15, 0.2) is 0 Å². The Kier molecular flexibility index (Phi) is 3.50. The minimum Gasteiger partial charge on any atom is -0.396 e. The topological polar surface area (TPSA) is 49.7 Å². The molecule has 0 aliphatic carbocycles. The van der Waals surface area contributed by atoms with E-state index in [4.69, 9.17) is 14.9 Å². The van der Waals surface area contributed by atoms with Crippen LogP contribution in [-0.4, -0.2) is 36.1 Å². The highest BCUT2D eigenvalue weighted by Gasteiger charge is 2.29. The molecule has 0 aromatic carbocycles. The van der Waals surface area contributed by atoms with Crippen LogP contribution >= 0.6 is 0 Å². The Morgan fingerprint density at radius 2 is 2.08 bits per heavy atom. The zero-order valence-electron chi connectivity index (χ0n) is 7.62. The molecule has 72 valence electrons. The summed E-state index contributed by atoms with van der Waals surface area (Å²) in [5.41, 5.74) is -0.366. The summed E-state index contributed by atoms with van der Waals surface area (Å²) < 4.78 is 5.43. The van der Waals surface area contributed by atoms with E-state index in [0.717, 1.165) is 25.9 Å². The molecular weight excluding hydrogens is 156 g/mol. The Morgan fingerprint density at radius 1 is 1.42 bits per heavy atom. The van der Waals surface area contributed by atoms with Gasteiger partial charge in [-0.3, -0.25) is 0 Å². The van der Waals surface area contributed by atoms with Crippen molar-refractivity contribution < 1.29 is 14.9 Å². The van der Waals surface area contributed by atoms with Crippen molar-refractivity contribution in [3.8, 4) is 0 Å². The summed E-state index contributed by atoms with van der Waals surface area (Å²) in [4.78, 5) is 0. The molecule has 1 aliphatic heterocycles. The first-order valence-corrected chi connectivity index (χ1v) is 4.53. The molecule has 0 amide bonds. The van der Waals surface area contributed by atoms with Crippen LogP contribution in [0.4, 0.5) is 0 Å². The van der Waals surface area contributed by atoms with Gasteiger partial charge in [-0.1, -0.05) is 6.92 Å². The van der Waals surface area contributed by atoms with Crippen LogP contribution in [0.1, 0.15) is 26.2 Å². The Labute approximate surface area is 73.4 Å². The second-order valence-corrected chi connectivity index (χ2v) is 3.97. The highest BCUT2D eigenvalue weighted by molar-refractivity contribution is 4.78. The van der Waals surface area contributed by atoms with E-state index in [1.165, 1.54) is 0 Å². The molecule has 1 saturated heterocycles. The van der Waals surface area contributed by atoms with Gasteiger partial charge in [-0.15, -0.1) is 0 Å². The van der Waals surface area contributed by atoms with E-state index in [0.29, 0.717) is 0 Å². The van der Waals surface area contributed by atoms with Crippen LogP contribution in [0.2, 0.25) is 0 Å². The van der Waals surface area contributed by atoms with Crippen molar-refractivity contribution in [2.75, 3.05) is 19.8 Å². The van der Waals surface area contributed by atoms with Crippen LogP contribution in [0, 0.1) is 5.41 Å². The van der Waals surface area contributed by atoms with Crippen LogP contribution < -0.4 is 0 Å². The molecule has 3 heteroatoms. The van der Waals surface area contributed by atoms with Gasteiger partial charge in [0.15, 0.2) is 0 Å². The first kappa shape index (κ1) is 9.96. The molecule has 0 aromatic heterocycles. The fraction of sp³-hybridized carbons (Fsp3) is 1.00. The fourth-order valence-corrected chi connectivity index (χ4v) is 1.53. The zero-order chi connectivity index (χ0) is 9.03. The van der Waals surface area contributed by atoms with E-state index in [9.17, 15) is 0 Å². The average molecular weight is 174 g/mol. The number of aliphatic hydroxyl groups is 2. The normalized spacial score (nSPS) is 24.8. The van der Waals surface area contributed by atoms with Gasteiger partial charge in [-0.25, -0.2) is 0 Å². The second-order valence-electron chi connectivity index (χ2n) is 3.97. The maximum Gasteiger partial charge on any atom is 0.0582 e. The van der Waals surface area contributed by atoms with Gasteiger partial charge < -0.3 is 14.9 Å². The Morgan fingerprint density at radius 3 is 2.50 bits per heavy atom. The summed E-state index contributed by atoms with van der Waals surface area (Å²) >= 11 is 0. The highest BCUT2D eigenvalue weighted by Crippen LogP contribution is 2.27. The standard InChI is InChI=1S/C9H18O3/c1-9(6-10,7-11)5-8-3-2-4-12-8/h8,10-11H,2-7H2,1H3. The minimum atomic E-state index is -0.366. The molecule has 1 atom stereocenters. The molecule has 1 aliphatic rings. The third-order valence-electron chi connectivity index (χ3n) is 2.51. The Bertz CT molecular complexity index is 126. The number of aliphatic hydroxyl groups excluding tert-OH is 2. The maximum absolute atomic E-state index is 9.03. The summed E-state index contributed by atoms with van der Waals surface area (Å²) in [5.74, 6) is 0. The zero-order valence-corrected chi connectivity index (χ0v) is 7.62. The predicted molar refractivity (Wildman–Crippen MR) is 45.9 cm³/mol. The van der Waals surface area contributed by atoms with Crippen molar-refractivity contribution in [2.24, 2.45) is 5.41 Å². The predicted octanol–water partition coefficient (Wildman–Crippen LogP) is 0.546. The second kappa shape index (κ2) is 4.21. The van der Waals surface area contributed by atoms with Gasteiger partial charge in [-0.05, 0) is 19.3 Å². The molecule has 0 bridgehead atoms. The Hall–Kier alpha value is -0.120. The van der Waals surface area contributed by atoms with E-state index < -0.39 is 0 Å². The average Bonchev–Trinajstić information content (AvgIpc) is 2.57. The van der Waals surface area contributed by atoms with Gasteiger partial charge in [0.2, 0.25) is 0 Å². The third kappa shape index (κ3) is 2.44. The molecule has 3 nitrogen and oxygen atoms in total. The summed E-state index contributed by atoms with van der Waals surface area (Å²) in [7, 11) is 0. The van der Waals surface area contributed by atoms with Crippen LogP contribution in [0.3, 0.4) is 0 Å². The third-order valence-corrected chi connectivity index (χ3v) is 2.51. The van der Waals surface area contributed by atoms with Crippen LogP contribution in [0.5, 0.6) is 0 Å². The Balaban J connectivity index is 2.35. The van der Waals surface area contributed by atoms with Gasteiger partial charge >= 0.3 is 0 Å². The number of rotatable bonds is 4. The number of hydrogen-bond donors (Lipinski definition) is 2. The lowest BCUT2D eigenvalue weighted by molar-refractivity contribution is 0.00758. The van der Waals surface area contributed by atoms with Gasteiger partial charge in [0, 0.05) is 12.0 Å². The first-order chi connectivity index (χ1) is 5.70. The molecule has 0 spiro atoms. The van der Waals surface area contributed by atoms with Crippen molar-refractivity contribution >= 4 is 0 Å². The first-order valence-electron chi connectivity index (χ1n) is 4.53. The lowest BCUT2D eigenvalue weighted by Gasteiger charge is -2.27. The number of hydrogen-bond acceptors (Lipinski definition) is 3. The summed E-state index contributed by atoms with van der Waals surface area (Å²) in [6, 6.07) is 0. The van der Waals surface area contributed by atoms with Crippen molar-refractivity contribution in [3.05, 3.63) is 0 Å². The summed E-state index contributed by atoms with van der Waals surface area (Å²) in [5, 5.41) is 18.1. The van der Waals surface area contributed by atoms with Gasteiger partial charge in [0.1, 0.15) is 0 Å². The molecule has 1 unspecified atom stereocenters. The molecule has 0 saturated carbocycles. The molecule has 1 heterocycles. The molecule has 1 fully saturated rings. The van der Waals surface area contributed by atoms with Gasteiger partial charge in [0.05, 0.1) is 19.3 Å². The SMILES string of the molecule is CC(CO)(CO)CC1CCCO1. The van der Waals surface area contributed by atoms with Gasteiger partial charge in [0.25, 0.3) is 0 Å². The largest absolute Gasteiger partial charge is 0.396 e. The lowest BCUT2D eigenvalue weighted by atomic mass is 9.85. The van der Waals surface area contributed by atoms with E-state index in [-0.39, 0.29) is 24.7 Å². The molecular formula is C9H18O3. The van der Waals surface area contributed by atoms with Crippen molar-refractivity contribution in [1.29, 1.82) is 0 Å². The maximum atomic E-state index is 9.03. The van der Waals surface area contributed by atoms with E-state index in [1.54, 1.807) is 0 Å². The monoisotopic (exact) mass is 174 g/mol. The quantitative estimate of drug-likeness (QED) is 0.654. The van der Waals surface area contributed by atoms with Crippen LogP contribution in [0.25, 0.3) is 0 Å². The summed E-state index contributed by atoms with van der Waals surface area (Å²) in [6.07, 6.45) is 3.18. The van der Waals surface area contributed by atoms with E-state index >= 15 is 0 Å². The molecule has 0 radical (unpaired) electrons. The van der Waals surface area contributed by atoms with E-state index in [1.807, 2.05) is 6.92 Å². The smallest absolute Gasteiger partial charge is 0.0582 e. The fourth-order valence-electron chi connectivity index (χ4n) is 1.53.